The fraction of sp³-hybridized carbons (Fsp3) is 0.312. The highest BCUT2D eigenvalue weighted by Gasteiger charge is 2.15. The Hall–Kier alpha value is -2.54. The second-order valence-corrected chi connectivity index (χ2v) is 5.13. The van der Waals surface area contributed by atoms with Gasteiger partial charge in [-0.1, -0.05) is 18.2 Å². The molecule has 120 valence electrons. The van der Waals surface area contributed by atoms with Crippen LogP contribution in [0.3, 0.4) is 0 Å². The molecule has 0 bridgehead atoms. The Kier molecular flexibility index (Phi) is 4.77. The molecule has 1 aromatic heterocycles. The van der Waals surface area contributed by atoms with Gasteiger partial charge in [0.15, 0.2) is 0 Å². The Labute approximate surface area is 133 Å². The summed E-state index contributed by atoms with van der Waals surface area (Å²) in [6.07, 6.45) is 1.36. The van der Waals surface area contributed by atoms with Gasteiger partial charge in [-0.25, -0.2) is 14.4 Å². The van der Waals surface area contributed by atoms with Gasteiger partial charge in [-0.05, 0) is 6.07 Å². The predicted octanol–water partition coefficient (Wildman–Crippen LogP) is 1.38. The van der Waals surface area contributed by atoms with E-state index in [1.165, 1.54) is 12.4 Å². The highest BCUT2D eigenvalue weighted by atomic mass is 19.1. The van der Waals surface area contributed by atoms with Gasteiger partial charge in [0.2, 0.25) is 0 Å². The lowest BCUT2D eigenvalue weighted by Crippen LogP contribution is -2.37. The van der Waals surface area contributed by atoms with Gasteiger partial charge in [-0.2, -0.15) is 0 Å². The number of halogens is 1. The molecule has 0 radical (unpaired) electrons. The van der Waals surface area contributed by atoms with Crippen LogP contribution in [0.15, 0.2) is 36.7 Å². The normalized spacial score (nSPS) is 14.6. The lowest BCUT2D eigenvalue weighted by Gasteiger charge is -2.27. The van der Waals surface area contributed by atoms with E-state index >= 15 is 0 Å². The number of carbonyl (C=O) groups is 1. The molecular formula is C16H17FN4O2. The fourth-order valence-electron chi connectivity index (χ4n) is 2.34. The van der Waals surface area contributed by atoms with Crippen molar-refractivity contribution in [3.05, 3.63) is 53.7 Å². The predicted molar refractivity (Wildman–Crippen MR) is 82.6 cm³/mol. The zero-order valence-corrected chi connectivity index (χ0v) is 12.5. The number of aromatic nitrogens is 2. The largest absolute Gasteiger partial charge is 0.378 e. The maximum absolute atomic E-state index is 13.6. The number of nitrogens with one attached hydrogen (secondary N) is 1. The topological polar surface area (TPSA) is 67.4 Å². The van der Waals surface area contributed by atoms with E-state index in [1.807, 2.05) is 4.90 Å². The second-order valence-electron chi connectivity index (χ2n) is 5.13. The van der Waals surface area contributed by atoms with E-state index in [2.05, 4.69) is 15.3 Å². The van der Waals surface area contributed by atoms with Crippen molar-refractivity contribution in [2.24, 2.45) is 0 Å². The summed E-state index contributed by atoms with van der Waals surface area (Å²) in [6.45, 7) is 2.85. The van der Waals surface area contributed by atoms with Crippen molar-refractivity contribution in [3.8, 4) is 0 Å². The first kappa shape index (κ1) is 15.4. The number of morpholine rings is 1. The van der Waals surface area contributed by atoms with Crippen molar-refractivity contribution in [2.45, 2.75) is 6.54 Å². The van der Waals surface area contributed by atoms with E-state index in [1.54, 1.807) is 24.3 Å². The van der Waals surface area contributed by atoms with E-state index in [0.717, 1.165) is 13.1 Å². The smallest absolute Gasteiger partial charge is 0.270 e. The molecule has 2 aromatic rings. The molecule has 1 fully saturated rings. The van der Waals surface area contributed by atoms with Crippen molar-refractivity contribution in [3.63, 3.8) is 0 Å². The van der Waals surface area contributed by atoms with Crippen LogP contribution in [0.25, 0.3) is 0 Å². The number of rotatable bonds is 4. The SMILES string of the molecule is O=C(NCc1ccccc1F)c1cc(N2CCOCC2)ncn1. The van der Waals surface area contributed by atoms with Gasteiger partial charge in [0.25, 0.3) is 5.91 Å². The Morgan fingerprint density at radius 3 is 2.83 bits per heavy atom. The highest BCUT2D eigenvalue weighted by Crippen LogP contribution is 2.13. The van der Waals surface area contributed by atoms with Gasteiger partial charge in [0.1, 0.15) is 23.7 Å². The molecule has 1 saturated heterocycles. The maximum Gasteiger partial charge on any atom is 0.270 e. The van der Waals surface area contributed by atoms with Crippen molar-refractivity contribution in [1.82, 2.24) is 15.3 Å². The summed E-state index contributed by atoms with van der Waals surface area (Å²) in [5.74, 6) is -0.00556. The first-order valence-electron chi connectivity index (χ1n) is 7.40. The lowest BCUT2D eigenvalue weighted by atomic mass is 10.2. The number of hydrogen-bond donors (Lipinski definition) is 1. The number of carbonyl (C=O) groups excluding carboxylic acids is 1. The molecule has 3 rings (SSSR count). The first-order valence-corrected chi connectivity index (χ1v) is 7.40. The number of hydrogen-bond acceptors (Lipinski definition) is 5. The minimum atomic E-state index is -0.356. The Morgan fingerprint density at radius 1 is 1.26 bits per heavy atom. The van der Waals surface area contributed by atoms with Crippen LogP contribution in [0.4, 0.5) is 10.2 Å². The van der Waals surface area contributed by atoms with Gasteiger partial charge in [0.05, 0.1) is 13.2 Å². The molecule has 2 heterocycles. The van der Waals surface area contributed by atoms with Crippen LogP contribution < -0.4 is 10.2 Å². The lowest BCUT2D eigenvalue weighted by molar-refractivity contribution is 0.0945. The second kappa shape index (κ2) is 7.15. The van der Waals surface area contributed by atoms with Crippen LogP contribution in [0, 0.1) is 5.82 Å². The van der Waals surface area contributed by atoms with E-state index < -0.39 is 0 Å². The van der Waals surface area contributed by atoms with Crippen LogP contribution in [-0.4, -0.2) is 42.2 Å². The molecule has 6 nitrogen and oxygen atoms in total. The molecule has 0 atom stereocenters. The minimum absolute atomic E-state index is 0.113. The van der Waals surface area contributed by atoms with Gasteiger partial charge >= 0.3 is 0 Å². The van der Waals surface area contributed by atoms with Crippen LogP contribution in [-0.2, 0) is 11.3 Å². The number of ether oxygens (including phenoxy) is 1. The standard InChI is InChI=1S/C16H17FN4O2/c17-13-4-2-1-3-12(13)10-18-16(22)14-9-15(20-11-19-14)21-5-7-23-8-6-21/h1-4,9,11H,5-8,10H2,(H,18,22). The summed E-state index contributed by atoms with van der Waals surface area (Å²) in [4.78, 5) is 22.4. The van der Waals surface area contributed by atoms with Gasteiger partial charge < -0.3 is 15.0 Å². The molecule has 7 heteroatoms. The van der Waals surface area contributed by atoms with E-state index in [-0.39, 0.29) is 24.0 Å². The molecule has 1 N–H and O–H groups in total. The summed E-state index contributed by atoms with van der Waals surface area (Å²) in [7, 11) is 0. The van der Waals surface area contributed by atoms with Crippen molar-refractivity contribution in [2.75, 3.05) is 31.2 Å². The van der Waals surface area contributed by atoms with Crippen LogP contribution in [0.1, 0.15) is 16.1 Å². The summed E-state index contributed by atoms with van der Waals surface area (Å²) < 4.78 is 18.9. The zero-order valence-electron chi connectivity index (χ0n) is 12.5. The van der Waals surface area contributed by atoms with Gasteiger partial charge in [-0.3, -0.25) is 4.79 Å². The van der Waals surface area contributed by atoms with Crippen LogP contribution in [0.5, 0.6) is 0 Å². The molecule has 1 aliphatic rings. The monoisotopic (exact) mass is 316 g/mol. The van der Waals surface area contributed by atoms with Crippen molar-refractivity contribution < 1.29 is 13.9 Å². The molecule has 1 aliphatic heterocycles. The maximum atomic E-state index is 13.6. The molecule has 0 spiro atoms. The van der Waals surface area contributed by atoms with Crippen molar-refractivity contribution in [1.29, 1.82) is 0 Å². The van der Waals surface area contributed by atoms with Gasteiger partial charge in [-0.15, -0.1) is 0 Å². The van der Waals surface area contributed by atoms with E-state index in [4.69, 9.17) is 4.74 Å². The first-order chi connectivity index (χ1) is 11.2. The van der Waals surface area contributed by atoms with Crippen molar-refractivity contribution >= 4 is 11.7 Å². The Morgan fingerprint density at radius 2 is 2.04 bits per heavy atom. The average Bonchev–Trinajstić information content (AvgIpc) is 2.62. The van der Waals surface area contributed by atoms with E-state index in [9.17, 15) is 9.18 Å². The van der Waals surface area contributed by atoms with E-state index in [0.29, 0.717) is 24.6 Å². The third-order valence-corrected chi connectivity index (χ3v) is 3.62. The van der Waals surface area contributed by atoms with Crippen LogP contribution >= 0.6 is 0 Å². The molecular weight excluding hydrogens is 299 g/mol. The molecule has 23 heavy (non-hydrogen) atoms. The number of anilines is 1. The quantitative estimate of drug-likeness (QED) is 0.923. The molecule has 1 aromatic carbocycles. The molecule has 1 amide bonds. The van der Waals surface area contributed by atoms with Crippen LogP contribution in [0.2, 0.25) is 0 Å². The summed E-state index contributed by atoms with van der Waals surface area (Å²) in [5.41, 5.74) is 0.695. The fourth-order valence-corrected chi connectivity index (χ4v) is 2.34. The summed E-state index contributed by atoms with van der Waals surface area (Å²) in [5, 5.41) is 2.67. The molecule has 0 aliphatic carbocycles. The summed E-state index contributed by atoms with van der Waals surface area (Å²) in [6, 6.07) is 7.98. The zero-order chi connectivity index (χ0) is 16.1. The number of nitrogens with zero attached hydrogens (tertiary/aromatic N) is 3. The van der Waals surface area contributed by atoms with Gasteiger partial charge in [0, 0.05) is 31.3 Å². The Balaban J connectivity index is 1.66. The number of amides is 1. The summed E-state index contributed by atoms with van der Waals surface area (Å²) >= 11 is 0. The number of benzene rings is 1. The third-order valence-electron chi connectivity index (χ3n) is 3.62. The highest BCUT2D eigenvalue weighted by molar-refractivity contribution is 5.92. The molecule has 0 unspecified atom stereocenters. The minimum Gasteiger partial charge on any atom is -0.378 e. The average molecular weight is 316 g/mol. The third kappa shape index (κ3) is 3.81. The molecule has 0 saturated carbocycles. The Bertz CT molecular complexity index is 689.